The van der Waals surface area contributed by atoms with Gasteiger partial charge in [0.1, 0.15) is 10.6 Å². The second-order valence-corrected chi connectivity index (χ2v) is 6.73. The van der Waals surface area contributed by atoms with Gasteiger partial charge in [0.05, 0.1) is 18.3 Å². The molecule has 0 unspecified atom stereocenters. The molecule has 23 heavy (non-hydrogen) atoms. The lowest BCUT2D eigenvalue weighted by Gasteiger charge is -2.05. The number of nitrogens with zero attached hydrogens (tertiary/aromatic N) is 2. The molecule has 116 valence electrons. The van der Waals surface area contributed by atoms with Crippen LogP contribution < -0.4 is 5.56 Å². The number of aryl methyl sites for hydroxylation is 2. The Hall–Kier alpha value is -2.34. The second-order valence-electron chi connectivity index (χ2n) is 5.65. The van der Waals surface area contributed by atoms with Crippen LogP contribution >= 0.6 is 11.3 Å². The van der Waals surface area contributed by atoms with Crippen molar-refractivity contribution in [2.75, 3.05) is 0 Å². The third-order valence-electron chi connectivity index (χ3n) is 4.17. The zero-order valence-electron chi connectivity index (χ0n) is 12.2. The highest BCUT2D eigenvalue weighted by Crippen LogP contribution is 2.34. The zero-order chi connectivity index (χ0) is 16.0. The van der Waals surface area contributed by atoms with E-state index in [4.69, 9.17) is 0 Å². The minimum atomic E-state index is -0.393. The summed E-state index contributed by atoms with van der Waals surface area (Å²) in [4.78, 5) is 31.3. The molecule has 0 saturated heterocycles. The number of aromatic nitrogens is 2. The van der Waals surface area contributed by atoms with Crippen LogP contribution in [-0.4, -0.2) is 15.3 Å². The number of thiophene rings is 1. The van der Waals surface area contributed by atoms with E-state index in [-0.39, 0.29) is 17.9 Å². The van der Waals surface area contributed by atoms with Gasteiger partial charge in [0.25, 0.3) is 5.56 Å². The van der Waals surface area contributed by atoms with Crippen LogP contribution in [0.2, 0.25) is 0 Å². The molecule has 2 aromatic heterocycles. The summed E-state index contributed by atoms with van der Waals surface area (Å²) in [5, 5.41) is 0.664. The Morgan fingerprint density at radius 1 is 1.26 bits per heavy atom. The largest absolute Gasteiger partial charge is 0.292 e. The predicted molar refractivity (Wildman–Crippen MR) is 86.6 cm³/mol. The maximum Gasteiger partial charge on any atom is 0.262 e. The number of rotatable bonds is 3. The van der Waals surface area contributed by atoms with Crippen LogP contribution in [0.4, 0.5) is 4.39 Å². The standard InChI is InChI=1S/C17H13FN2O2S/c18-11-6-4-10(5-7-11)13(21)8-20-9-19-16-15(17(20)22)12-2-1-3-14(12)23-16/h4-7,9H,1-3,8H2. The van der Waals surface area contributed by atoms with E-state index in [1.54, 1.807) is 11.3 Å². The molecule has 1 aliphatic carbocycles. The normalized spacial score (nSPS) is 13.4. The van der Waals surface area contributed by atoms with E-state index < -0.39 is 5.82 Å². The van der Waals surface area contributed by atoms with Gasteiger partial charge in [-0.2, -0.15) is 0 Å². The number of hydrogen-bond donors (Lipinski definition) is 0. The van der Waals surface area contributed by atoms with Crippen molar-refractivity contribution >= 4 is 27.3 Å². The minimum absolute atomic E-state index is 0.0853. The van der Waals surface area contributed by atoms with Crippen molar-refractivity contribution in [2.24, 2.45) is 0 Å². The van der Waals surface area contributed by atoms with Gasteiger partial charge in [-0.05, 0) is 49.1 Å². The van der Waals surface area contributed by atoms with Crippen molar-refractivity contribution in [1.29, 1.82) is 0 Å². The van der Waals surface area contributed by atoms with Gasteiger partial charge in [0.2, 0.25) is 0 Å². The topological polar surface area (TPSA) is 52.0 Å². The van der Waals surface area contributed by atoms with Crippen LogP contribution in [-0.2, 0) is 19.4 Å². The van der Waals surface area contributed by atoms with E-state index in [2.05, 4.69) is 4.98 Å². The molecule has 3 aromatic rings. The Bertz CT molecular complexity index is 973. The first kappa shape index (κ1) is 14.3. The third kappa shape index (κ3) is 2.39. The fourth-order valence-electron chi connectivity index (χ4n) is 3.01. The molecule has 0 saturated carbocycles. The zero-order valence-corrected chi connectivity index (χ0v) is 13.0. The smallest absolute Gasteiger partial charge is 0.262 e. The van der Waals surface area contributed by atoms with Crippen molar-refractivity contribution in [3.8, 4) is 0 Å². The molecule has 0 spiro atoms. The molecule has 1 aliphatic rings. The van der Waals surface area contributed by atoms with Gasteiger partial charge in [-0.15, -0.1) is 11.3 Å². The Morgan fingerprint density at radius 3 is 2.83 bits per heavy atom. The molecular weight excluding hydrogens is 315 g/mol. The summed E-state index contributed by atoms with van der Waals surface area (Å²) in [5.74, 6) is -0.629. The number of ketones is 1. The fraction of sp³-hybridized carbons (Fsp3) is 0.235. The third-order valence-corrected chi connectivity index (χ3v) is 5.37. The van der Waals surface area contributed by atoms with Crippen LogP contribution in [0.3, 0.4) is 0 Å². The first-order chi connectivity index (χ1) is 11.1. The maximum absolute atomic E-state index is 12.9. The maximum atomic E-state index is 12.9. The summed E-state index contributed by atoms with van der Waals surface area (Å²) in [6.45, 7) is -0.0853. The van der Waals surface area contributed by atoms with Crippen LogP contribution in [0.25, 0.3) is 10.2 Å². The average Bonchev–Trinajstić information content (AvgIpc) is 3.11. The number of Topliss-reactive ketones (excluding diaryl/α,β-unsaturated/α-hetero) is 1. The molecule has 0 bridgehead atoms. The van der Waals surface area contributed by atoms with Crippen molar-refractivity contribution in [3.05, 3.63) is 62.8 Å². The summed E-state index contributed by atoms with van der Waals surface area (Å²) in [6, 6.07) is 5.33. The summed E-state index contributed by atoms with van der Waals surface area (Å²) in [5.41, 5.74) is 1.32. The van der Waals surface area contributed by atoms with Gasteiger partial charge in [0.15, 0.2) is 5.78 Å². The highest BCUT2D eigenvalue weighted by molar-refractivity contribution is 7.18. The molecular formula is C17H13FN2O2S. The first-order valence-electron chi connectivity index (χ1n) is 7.42. The Morgan fingerprint density at radius 2 is 2.04 bits per heavy atom. The van der Waals surface area contributed by atoms with Crippen LogP contribution in [0, 0.1) is 5.82 Å². The predicted octanol–water partition coefficient (Wildman–Crippen LogP) is 2.97. The Balaban J connectivity index is 1.72. The van der Waals surface area contributed by atoms with Gasteiger partial charge >= 0.3 is 0 Å². The summed E-state index contributed by atoms with van der Waals surface area (Å²) in [6.07, 6.45) is 4.41. The van der Waals surface area contributed by atoms with Crippen molar-refractivity contribution in [2.45, 2.75) is 25.8 Å². The highest BCUT2D eigenvalue weighted by atomic mass is 32.1. The highest BCUT2D eigenvalue weighted by Gasteiger charge is 2.21. The first-order valence-corrected chi connectivity index (χ1v) is 8.23. The molecule has 2 heterocycles. The molecule has 0 radical (unpaired) electrons. The van der Waals surface area contributed by atoms with Crippen molar-refractivity contribution < 1.29 is 9.18 Å². The Kier molecular flexibility index (Phi) is 3.34. The monoisotopic (exact) mass is 328 g/mol. The summed E-state index contributed by atoms with van der Waals surface area (Å²) in [7, 11) is 0. The lowest BCUT2D eigenvalue weighted by molar-refractivity contribution is 0.0970. The lowest BCUT2D eigenvalue weighted by atomic mass is 10.1. The lowest BCUT2D eigenvalue weighted by Crippen LogP contribution is -2.24. The van der Waals surface area contributed by atoms with Crippen LogP contribution in [0.5, 0.6) is 0 Å². The number of halogens is 1. The van der Waals surface area contributed by atoms with E-state index >= 15 is 0 Å². The van der Waals surface area contributed by atoms with Crippen LogP contribution in [0.1, 0.15) is 27.2 Å². The summed E-state index contributed by atoms with van der Waals surface area (Å²) >= 11 is 1.58. The number of hydrogen-bond acceptors (Lipinski definition) is 4. The quantitative estimate of drug-likeness (QED) is 0.695. The molecule has 0 N–H and O–H groups in total. The number of carbonyl (C=O) groups excluding carboxylic acids is 1. The molecule has 0 fully saturated rings. The van der Waals surface area contributed by atoms with E-state index in [9.17, 15) is 14.0 Å². The second kappa shape index (κ2) is 5.38. The van der Waals surface area contributed by atoms with Crippen molar-refractivity contribution in [3.63, 3.8) is 0 Å². The van der Waals surface area contributed by atoms with E-state index in [1.807, 2.05) is 0 Å². The van der Waals surface area contributed by atoms with Crippen LogP contribution in [0.15, 0.2) is 35.4 Å². The molecule has 0 atom stereocenters. The molecule has 6 heteroatoms. The molecule has 1 aromatic carbocycles. The number of carbonyl (C=O) groups is 1. The van der Waals surface area contributed by atoms with E-state index in [0.29, 0.717) is 10.9 Å². The van der Waals surface area contributed by atoms with Gasteiger partial charge < -0.3 is 0 Å². The number of benzene rings is 1. The summed E-state index contributed by atoms with van der Waals surface area (Å²) < 4.78 is 14.3. The minimum Gasteiger partial charge on any atom is -0.292 e. The molecule has 0 aliphatic heterocycles. The Labute approximate surface area is 135 Å². The van der Waals surface area contributed by atoms with Gasteiger partial charge in [-0.3, -0.25) is 14.2 Å². The van der Waals surface area contributed by atoms with Gasteiger partial charge in [0, 0.05) is 10.4 Å². The number of fused-ring (bicyclic) bond motifs is 3. The van der Waals surface area contributed by atoms with Gasteiger partial charge in [-0.25, -0.2) is 9.37 Å². The van der Waals surface area contributed by atoms with E-state index in [1.165, 1.54) is 40.0 Å². The fourth-order valence-corrected chi connectivity index (χ4v) is 4.23. The molecule has 4 rings (SSSR count). The average molecular weight is 328 g/mol. The van der Waals surface area contributed by atoms with Gasteiger partial charge in [-0.1, -0.05) is 0 Å². The van der Waals surface area contributed by atoms with E-state index in [0.717, 1.165) is 29.7 Å². The molecule has 0 amide bonds. The molecule has 4 nitrogen and oxygen atoms in total. The van der Waals surface area contributed by atoms with Crippen molar-refractivity contribution in [1.82, 2.24) is 9.55 Å². The SMILES string of the molecule is O=C(Cn1cnc2sc3c(c2c1=O)CCC3)c1ccc(F)cc1.